The van der Waals surface area contributed by atoms with Crippen LogP contribution in [0.3, 0.4) is 0 Å². The van der Waals surface area contributed by atoms with Gasteiger partial charge in [-0.15, -0.1) is 0 Å². The van der Waals surface area contributed by atoms with Gasteiger partial charge in [-0.3, -0.25) is 0 Å². The molecule has 1 unspecified atom stereocenters. The van der Waals surface area contributed by atoms with Crippen LogP contribution in [0, 0.1) is 6.92 Å². The Hall–Kier alpha value is 0.383. The number of fused-ring (bicyclic) bond motifs is 1. The fraction of sp³-hybridized carbons (Fsp3) is 0.250. The first-order chi connectivity index (χ1) is 8.65. The third kappa shape index (κ3) is 3.58. The zero-order valence-electron chi connectivity index (χ0n) is 11.4. The van der Waals surface area contributed by atoms with Gasteiger partial charge in [0.1, 0.15) is 0 Å². The molecule has 0 nitrogen and oxygen atoms in total. The predicted octanol–water partition coefficient (Wildman–Crippen LogP) is -0.850. The maximum Gasteiger partial charge on any atom is -1.00 e. The van der Waals surface area contributed by atoms with Crippen molar-refractivity contribution in [2.24, 2.45) is 0 Å². The largest absolute Gasteiger partial charge is 1.00 e. The molecule has 1 aromatic carbocycles. The van der Waals surface area contributed by atoms with Crippen LogP contribution in [0.5, 0.6) is 0 Å². The van der Waals surface area contributed by atoms with Crippen molar-refractivity contribution in [3.63, 3.8) is 0 Å². The molecule has 104 valence electrons. The van der Waals surface area contributed by atoms with Crippen LogP contribution in [0.2, 0.25) is 0 Å². The molecule has 0 bridgehead atoms. The molecule has 20 heavy (non-hydrogen) atoms. The molecule has 0 fully saturated rings. The molecule has 0 spiro atoms. The van der Waals surface area contributed by atoms with Gasteiger partial charge in [-0.25, -0.2) is 0 Å². The summed E-state index contributed by atoms with van der Waals surface area (Å²) >= 11 is 3.12. The molecule has 0 heterocycles. The Labute approximate surface area is 153 Å². The summed E-state index contributed by atoms with van der Waals surface area (Å²) in [6.45, 7) is 4.53. The van der Waals surface area contributed by atoms with Gasteiger partial charge < -0.3 is 24.8 Å². The molecule has 0 aliphatic heterocycles. The van der Waals surface area contributed by atoms with E-state index in [9.17, 15) is 0 Å². The summed E-state index contributed by atoms with van der Waals surface area (Å²) in [5, 5.41) is 0. The number of benzene rings is 1. The van der Waals surface area contributed by atoms with Gasteiger partial charge in [0.25, 0.3) is 0 Å². The molecule has 1 aromatic rings. The van der Waals surface area contributed by atoms with E-state index in [1.807, 2.05) is 0 Å². The Morgan fingerprint density at radius 2 is 1.95 bits per heavy atom. The topological polar surface area (TPSA) is 0 Å². The van der Waals surface area contributed by atoms with E-state index >= 15 is 0 Å². The summed E-state index contributed by atoms with van der Waals surface area (Å²) in [5.74, 6) is 0. The van der Waals surface area contributed by atoms with Crippen LogP contribution in [0.15, 0.2) is 43.7 Å². The summed E-state index contributed by atoms with van der Waals surface area (Å²) in [5.41, 5.74) is 6.02. The molecule has 1 atom stereocenters. The SMILES string of the molecule is CC1=Cc2c(C)cc(Br)cc2[CH]1[Zr+2][C]1=CC=CC1.[Cl-].[Cl-]. The van der Waals surface area contributed by atoms with Crippen LogP contribution < -0.4 is 24.8 Å². The number of aryl methyl sites for hydroxylation is 1. The minimum atomic E-state index is -0.523. The Kier molecular flexibility index (Phi) is 6.99. The number of halogens is 3. The minimum absolute atomic E-state index is 0. The summed E-state index contributed by atoms with van der Waals surface area (Å²) < 4.78 is 3.69. The maximum atomic E-state index is 3.64. The number of allylic oxidation sites excluding steroid dienone is 5. The summed E-state index contributed by atoms with van der Waals surface area (Å²) in [7, 11) is 0. The minimum Gasteiger partial charge on any atom is -1.00 e. The molecule has 0 aromatic heterocycles. The second kappa shape index (κ2) is 7.59. The Balaban J connectivity index is 0.000001000. The van der Waals surface area contributed by atoms with Gasteiger partial charge in [0.2, 0.25) is 0 Å². The van der Waals surface area contributed by atoms with E-state index in [-0.39, 0.29) is 24.8 Å². The van der Waals surface area contributed by atoms with Crippen LogP contribution >= 0.6 is 15.9 Å². The average Bonchev–Trinajstić information content (AvgIpc) is 2.91. The molecule has 4 heteroatoms. The van der Waals surface area contributed by atoms with Crippen LogP contribution in [0.25, 0.3) is 6.08 Å². The van der Waals surface area contributed by atoms with Gasteiger partial charge in [-0.1, -0.05) is 0 Å². The van der Waals surface area contributed by atoms with E-state index in [2.05, 4.69) is 66.2 Å². The van der Waals surface area contributed by atoms with Crippen molar-refractivity contribution in [3.8, 4) is 0 Å². The van der Waals surface area contributed by atoms with E-state index in [1.165, 1.54) is 22.0 Å². The first kappa shape index (κ1) is 18.4. The normalized spacial score (nSPS) is 18.4. The fourth-order valence-electron chi connectivity index (χ4n) is 2.70. The second-order valence-corrected chi connectivity index (χ2v) is 9.64. The molecule has 2 aliphatic carbocycles. The average molecular weight is 449 g/mol. The van der Waals surface area contributed by atoms with Crippen molar-refractivity contribution in [2.45, 2.75) is 23.9 Å². The van der Waals surface area contributed by atoms with Crippen molar-refractivity contribution in [1.29, 1.82) is 0 Å². The van der Waals surface area contributed by atoms with Gasteiger partial charge in [-0.2, -0.15) is 0 Å². The molecule has 0 radical (unpaired) electrons. The van der Waals surface area contributed by atoms with E-state index < -0.39 is 23.2 Å². The van der Waals surface area contributed by atoms with Crippen molar-refractivity contribution in [1.82, 2.24) is 0 Å². The molecule has 0 amide bonds. The second-order valence-electron chi connectivity index (χ2n) is 5.02. The van der Waals surface area contributed by atoms with E-state index in [4.69, 9.17) is 0 Å². The Morgan fingerprint density at radius 3 is 2.60 bits per heavy atom. The molecule has 0 N–H and O–H groups in total. The van der Waals surface area contributed by atoms with E-state index in [0.29, 0.717) is 0 Å². The number of rotatable bonds is 2. The van der Waals surface area contributed by atoms with Gasteiger partial charge in [0.05, 0.1) is 0 Å². The smallest absolute Gasteiger partial charge is 1.00 e. The van der Waals surface area contributed by atoms with Crippen LogP contribution in [0.1, 0.15) is 33.7 Å². The fourth-order valence-corrected chi connectivity index (χ4v) is 6.99. The molecule has 0 saturated carbocycles. The molecule has 3 rings (SSSR count). The molecule has 0 saturated heterocycles. The first-order valence-electron chi connectivity index (χ1n) is 6.25. The van der Waals surface area contributed by atoms with Crippen molar-refractivity contribution in [2.75, 3.05) is 0 Å². The third-order valence-corrected chi connectivity index (χ3v) is 8.50. The van der Waals surface area contributed by atoms with Crippen molar-refractivity contribution < 1.29 is 48.0 Å². The van der Waals surface area contributed by atoms with Crippen LogP contribution in [-0.2, 0) is 23.2 Å². The van der Waals surface area contributed by atoms with Gasteiger partial charge in [-0.05, 0) is 0 Å². The molecular formula is C16H15BrCl2Zr. The van der Waals surface area contributed by atoms with Crippen LogP contribution in [-0.4, -0.2) is 0 Å². The zero-order valence-corrected chi connectivity index (χ0v) is 16.9. The molecular weight excluding hydrogens is 434 g/mol. The maximum absolute atomic E-state index is 3.64. The zero-order chi connectivity index (χ0) is 12.7. The third-order valence-electron chi connectivity index (χ3n) is 3.62. The van der Waals surface area contributed by atoms with Crippen molar-refractivity contribution in [3.05, 3.63) is 60.4 Å². The number of hydrogen-bond acceptors (Lipinski definition) is 0. The standard InChI is InChI=1S/C11H10Br.C5H5.2ClH.Zr/c1-7-3-9-6-10(12)5-8(2)11(9)4-7;1-2-4-5-3-1;;;/h3-6H,1-2H3;1-3H,4H2;2*1H;/q;;;;+2/p-2. The summed E-state index contributed by atoms with van der Waals surface area (Å²) in [6, 6.07) is 4.57. The first-order valence-corrected chi connectivity index (χ1v) is 9.70. The van der Waals surface area contributed by atoms with Crippen molar-refractivity contribution >= 4 is 22.0 Å². The summed E-state index contributed by atoms with van der Waals surface area (Å²) in [6.07, 6.45) is 10.5. The van der Waals surface area contributed by atoms with E-state index in [0.717, 1.165) is 3.63 Å². The van der Waals surface area contributed by atoms with Gasteiger partial charge in [0, 0.05) is 0 Å². The monoisotopic (exact) mass is 446 g/mol. The van der Waals surface area contributed by atoms with Crippen LogP contribution in [0.4, 0.5) is 0 Å². The van der Waals surface area contributed by atoms with Gasteiger partial charge >= 0.3 is 130 Å². The van der Waals surface area contributed by atoms with Gasteiger partial charge in [0.15, 0.2) is 0 Å². The number of hydrogen-bond donors (Lipinski definition) is 0. The quantitative estimate of drug-likeness (QED) is 0.552. The van der Waals surface area contributed by atoms with E-state index in [1.54, 1.807) is 14.4 Å². The predicted molar refractivity (Wildman–Crippen MR) is 77.1 cm³/mol. The summed E-state index contributed by atoms with van der Waals surface area (Å²) in [4.78, 5) is 0. The Morgan fingerprint density at radius 1 is 1.20 bits per heavy atom. The Bertz CT molecular complexity index is 603. The molecule has 2 aliphatic rings.